The summed E-state index contributed by atoms with van der Waals surface area (Å²) in [5.74, 6) is 0.317. The minimum absolute atomic E-state index is 0.159. The number of phenolic OH excluding ortho intramolecular Hbond substituents is 2. The van der Waals surface area contributed by atoms with Crippen molar-refractivity contribution in [2.75, 3.05) is 0 Å². The van der Waals surface area contributed by atoms with Gasteiger partial charge in [-0.1, -0.05) is 36.4 Å². The molecule has 2 aromatic rings. The van der Waals surface area contributed by atoms with Crippen molar-refractivity contribution >= 4 is 12.2 Å². The van der Waals surface area contributed by atoms with Crippen LogP contribution in [0.4, 0.5) is 0 Å². The van der Waals surface area contributed by atoms with Gasteiger partial charge in [-0.25, -0.2) is 0 Å². The second-order valence-electron chi connectivity index (χ2n) is 4.55. The SMILES string of the molecule is CC=Cc1ccc(O)c(-c2cc(C=CC)ccc2O)c1. The van der Waals surface area contributed by atoms with E-state index in [1.807, 2.05) is 62.4 Å². The molecule has 0 amide bonds. The van der Waals surface area contributed by atoms with E-state index in [4.69, 9.17) is 0 Å². The quantitative estimate of drug-likeness (QED) is 0.835. The first kappa shape index (κ1) is 13.9. The smallest absolute Gasteiger partial charge is 0.123 e. The number of hydrogen-bond acceptors (Lipinski definition) is 2. The van der Waals surface area contributed by atoms with Crippen LogP contribution in [0.5, 0.6) is 11.5 Å². The van der Waals surface area contributed by atoms with Crippen molar-refractivity contribution in [2.24, 2.45) is 0 Å². The summed E-state index contributed by atoms with van der Waals surface area (Å²) in [4.78, 5) is 0. The Bertz CT molecular complexity index is 608. The molecule has 0 bridgehead atoms. The highest BCUT2D eigenvalue weighted by molar-refractivity contribution is 5.79. The Balaban J connectivity index is 2.60. The second kappa shape index (κ2) is 6.11. The lowest BCUT2D eigenvalue weighted by Crippen LogP contribution is -1.84. The van der Waals surface area contributed by atoms with Gasteiger partial charge in [0.25, 0.3) is 0 Å². The van der Waals surface area contributed by atoms with Crippen LogP contribution in [0.3, 0.4) is 0 Å². The zero-order chi connectivity index (χ0) is 14.5. The largest absolute Gasteiger partial charge is 0.507 e. The third-order valence-corrected chi connectivity index (χ3v) is 3.05. The molecule has 0 aromatic heterocycles. The molecular formula is C18H18O2. The first-order valence-corrected chi connectivity index (χ1v) is 6.57. The number of allylic oxidation sites excluding steroid dienone is 2. The summed E-state index contributed by atoms with van der Waals surface area (Å²) in [6.45, 7) is 3.88. The van der Waals surface area contributed by atoms with Crippen LogP contribution >= 0.6 is 0 Å². The number of aromatic hydroxyl groups is 2. The second-order valence-corrected chi connectivity index (χ2v) is 4.55. The van der Waals surface area contributed by atoms with Crippen LogP contribution in [0.2, 0.25) is 0 Å². The maximum absolute atomic E-state index is 10.0. The molecule has 0 spiro atoms. The van der Waals surface area contributed by atoms with Gasteiger partial charge in [-0.3, -0.25) is 0 Å². The van der Waals surface area contributed by atoms with Crippen LogP contribution in [0.15, 0.2) is 48.6 Å². The monoisotopic (exact) mass is 266 g/mol. The van der Waals surface area contributed by atoms with Crippen molar-refractivity contribution in [2.45, 2.75) is 13.8 Å². The molecule has 0 aliphatic heterocycles. The molecule has 0 fully saturated rings. The predicted octanol–water partition coefficient (Wildman–Crippen LogP) is 4.83. The van der Waals surface area contributed by atoms with Gasteiger partial charge in [-0.05, 0) is 49.2 Å². The average Bonchev–Trinajstić information content (AvgIpc) is 2.44. The van der Waals surface area contributed by atoms with Gasteiger partial charge in [-0.2, -0.15) is 0 Å². The van der Waals surface area contributed by atoms with Crippen molar-refractivity contribution in [1.82, 2.24) is 0 Å². The molecule has 0 saturated heterocycles. The third-order valence-electron chi connectivity index (χ3n) is 3.05. The highest BCUT2D eigenvalue weighted by Crippen LogP contribution is 2.36. The molecular weight excluding hydrogens is 248 g/mol. The van der Waals surface area contributed by atoms with Crippen LogP contribution in [0.1, 0.15) is 25.0 Å². The Morgan fingerprint density at radius 2 is 1.10 bits per heavy atom. The maximum Gasteiger partial charge on any atom is 0.123 e. The van der Waals surface area contributed by atoms with Crippen molar-refractivity contribution in [3.63, 3.8) is 0 Å². The van der Waals surface area contributed by atoms with Gasteiger partial charge < -0.3 is 10.2 Å². The van der Waals surface area contributed by atoms with E-state index >= 15 is 0 Å². The van der Waals surface area contributed by atoms with Crippen LogP contribution in [0.25, 0.3) is 23.3 Å². The minimum atomic E-state index is 0.159. The van der Waals surface area contributed by atoms with Gasteiger partial charge in [-0.15, -0.1) is 0 Å². The molecule has 2 nitrogen and oxygen atoms in total. The van der Waals surface area contributed by atoms with E-state index < -0.39 is 0 Å². The average molecular weight is 266 g/mol. The zero-order valence-corrected chi connectivity index (χ0v) is 11.7. The van der Waals surface area contributed by atoms with Crippen LogP contribution < -0.4 is 0 Å². The van der Waals surface area contributed by atoms with Gasteiger partial charge in [0.2, 0.25) is 0 Å². The van der Waals surface area contributed by atoms with Crippen molar-refractivity contribution in [3.05, 3.63) is 59.7 Å². The predicted molar refractivity (Wildman–Crippen MR) is 84.6 cm³/mol. The zero-order valence-electron chi connectivity index (χ0n) is 11.7. The van der Waals surface area contributed by atoms with E-state index in [0.717, 1.165) is 11.1 Å². The van der Waals surface area contributed by atoms with Crippen molar-refractivity contribution in [3.8, 4) is 22.6 Å². The van der Waals surface area contributed by atoms with Gasteiger partial charge in [0.1, 0.15) is 11.5 Å². The normalized spacial score (nSPS) is 11.5. The molecule has 20 heavy (non-hydrogen) atoms. The Kier molecular flexibility index (Phi) is 4.26. The van der Waals surface area contributed by atoms with E-state index in [1.165, 1.54) is 0 Å². The number of benzene rings is 2. The molecule has 2 N–H and O–H groups in total. The van der Waals surface area contributed by atoms with Gasteiger partial charge in [0.05, 0.1) is 0 Å². The van der Waals surface area contributed by atoms with Crippen molar-refractivity contribution < 1.29 is 10.2 Å². The molecule has 0 heterocycles. The van der Waals surface area contributed by atoms with E-state index in [0.29, 0.717) is 11.1 Å². The van der Waals surface area contributed by atoms with Crippen LogP contribution in [-0.2, 0) is 0 Å². The summed E-state index contributed by atoms with van der Waals surface area (Å²) < 4.78 is 0. The van der Waals surface area contributed by atoms with E-state index in [2.05, 4.69) is 0 Å². The maximum atomic E-state index is 10.0. The van der Waals surface area contributed by atoms with E-state index in [9.17, 15) is 10.2 Å². The minimum Gasteiger partial charge on any atom is -0.507 e. The molecule has 0 atom stereocenters. The number of rotatable bonds is 3. The number of phenols is 2. The Labute approximate surface area is 119 Å². The van der Waals surface area contributed by atoms with Gasteiger partial charge >= 0.3 is 0 Å². The summed E-state index contributed by atoms with van der Waals surface area (Å²) in [7, 11) is 0. The first-order valence-electron chi connectivity index (χ1n) is 6.57. The number of hydrogen-bond donors (Lipinski definition) is 2. The highest BCUT2D eigenvalue weighted by Gasteiger charge is 2.10. The summed E-state index contributed by atoms with van der Waals surface area (Å²) in [6, 6.07) is 10.7. The van der Waals surface area contributed by atoms with Crippen molar-refractivity contribution in [1.29, 1.82) is 0 Å². The van der Waals surface area contributed by atoms with Crippen LogP contribution in [-0.4, -0.2) is 10.2 Å². The molecule has 0 unspecified atom stereocenters. The molecule has 2 rings (SSSR count). The molecule has 0 saturated carbocycles. The molecule has 0 radical (unpaired) electrons. The molecule has 2 aromatic carbocycles. The molecule has 2 heteroatoms. The first-order chi connectivity index (χ1) is 9.65. The standard InChI is InChI=1S/C18H18O2/c1-3-5-13-7-9-17(19)15(11-13)16-12-14(6-4-2)8-10-18(16)20/h3-12,19-20H,1-2H3. The lowest BCUT2D eigenvalue weighted by Gasteiger charge is -2.09. The summed E-state index contributed by atoms with van der Waals surface area (Å²) in [5.41, 5.74) is 3.22. The summed E-state index contributed by atoms with van der Waals surface area (Å²) in [5, 5.41) is 20.1. The summed E-state index contributed by atoms with van der Waals surface area (Å²) >= 11 is 0. The summed E-state index contributed by atoms with van der Waals surface area (Å²) in [6.07, 6.45) is 7.78. The molecule has 0 aliphatic carbocycles. The fourth-order valence-electron chi connectivity index (χ4n) is 2.13. The Morgan fingerprint density at radius 3 is 1.45 bits per heavy atom. The third kappa shape index (κ3) is 2.91. The Morgan fingerprint density at radius 1 is 0.700 bits per heavy atom. The van der Waals surface area contributed by atoms with E-state index in [-0.39, 0.29) is 11.5 Å². The lowest BCUT2D eigenvalue weighted by molar-refractivity contribution is 0.469. The molecule has 102 valence electrons. The van der Waals surface area contributed by atoms with Gasteiger partial charge in [0, 0.05) is 11.1 Å². The molecule has 0 aliphatic rings. The fourth-order valence-corrected chi connectivity index (χ4v) is 2.13. The van der Waals surface area contributed by atoms with Gasteiger partial charge in [0.15, 0.2) is 0 Å². The fraction of sp³-hybridized carbons (Fsp3) is 0.111. The van der Waals surface area contributed by atoms with Crippen LogP contribution in [0, 0.1) is 0 Å². The highest BCUT2D eigenvalue weighted by atomic mass is 16.3. The topological polar surface area (TPSA) is 40.5 Å². The Hall–Kier alpha value is -2.48. The lowest BCUT2D eigenvalue weighted by atomic mass is 9.98. The van der Waals surface area contributed by atoms with E-state index in [1.54, 1.807) is 12.1 Å².